The van der Waals surface area contributed by atoms with E-state index in [-0.39, 0.29) is 18.3 Å². The van der Waals surface area contributed by atoms with Gasteiger partial charge >= 0.3 is 0 Å². The molecule has 5 heteroatoms. The number of amides is 1. The second kappa shape index (κ2) is 11.6. The van der Waals surface area contributed by atoms with E-state index in [2.05, 4.69) is 10.3 Å². The van der Waals surface area contributed by atoms with Gasteiger partial charge in [0.15, 0.2) is 6.61 Å². The number of carbonyl (C=O) groups excluding carboxylic acids is 2. The van der Waals surface area contributed by atoms with Gasteiger partial charge in [0.2, 0.25) is 0 Å². The number of rotatable bonds is 10. The molecule has 5 nitrogen and oxygen atoms in total. The van der Waals surface area contributed by atoms with E-state index >= 15 is 0 Å². The van der Waals surface area contributed by atoms with Gasteiger partial charge < -0.3 is 10.1 Å². The molecular formula is C29H26N2O3. The third kappa shape index (κ3) is 6.62. The van der Waals surface area contributed by atoms with Gasteiger partial charge in [0.25, 0.3) is 5.91 Å². The summed E-state index contributed by atoms with van der Waals surface area (Å²) in [6.07, 6.45) is 5.05. The molecule has 0 saturated heterocycles. The Hall–Kier alpha value is -4.25. The highest BCUT2D eigenvalue weighted by Gasteiger charge is 2.09. The molecule has 0 aliphatic heterocycles. The number of para-hydroxylation sites is 1. The standard InChI is InChI=1S/C29H26N2O3/c32-26(17-14-23-7-6-18-30-20-23)19-22-12-15-25(16-13-22)31-29(33)21-34-28-11-5-4-10-27(28)24-8-2-1-3-9-24/h1-13,15-16,18,20H,14,17,19,21H2,(H,31,33). The zero-order valence-corrected chi connectivity index (χ0v) is 18.8. The summed E-state index contributed by atoms with van der Waals surface area (Å²) in [7, 11) is 0. The first-order chi connectivity index (χ1) is 16.7. The largest absolute Gasteiger partial charge is 0.483 e. The molecule has 4 rings (SSSR count). The highest BCUT2D eigenvalue weighted by molar-refractivity contribution is 5.92. The Kier molecular flexibility index (Phi) is 7.80. The lowest BCUT2D eigenvalue weighted by Crippen LogP contribution is -2.20. The fraction of sp³-hybridized carbons (Fsp3) is 0.138. The number of benzene rings is 3. The SMILES string of the molecule is O=C(CCc1cccnc1)Cc1ccc(NC(=O)COc2ccccc2-c2ccccc2)cc1. The van der Waals surface area contributed by atoms with Crippen LogP contribution in [0.1, 0.15) is 17.5 Å². The van der Waals surface area contributed by atoms with Crippen LogP contribution in [0.15, 0.2) is 103 Å². The normalized spacial score (nSPS) is 10.5. The monoisotopic (exact) mass is 450 g/mol. The van der Waals surface area contributed by atoms with Crippen LogP contribution in [0, 0.1) is 0 Å². The zero-order chi connectivity index (χ0) is 23.6. The lowest BCUT2D eigenvalue weighted by atomic mass is 10.0. The number of Topliss-reactive ketones (excluding diaryl/α,β-unsaturated/α-hetero) is 1. The Morgan fingerprint density at radius 3 is 2.32 bits per heavy atom. The second-order valence-corrected chi connectivity index (χ2v) is 7.97. The summed E-state index contributed by atoms with van der Waals surface area (Å²) in [5.41, 5.74) is 4.61. The van der Waals surface area contributed by atoms with Crippen molar-refractivity contribution in [1.29, 1.82) is 0 Å². The number of pyridine rings is 1. The predicted molar refractivity (Wildman–Crippen MR) is 134 cm³/mol. The Labute approximate surface area is 199 Å². The van der Waals surface area contributed by atoms with Crippen LogP contribution >= 0.6 is 0 Å². The molecule has 170 valence electrons. The molecule has 0 unspecified atom stereocenters. The van der Waals surface area contributed by atoms with E-state index in [0.717, 1.165) is 22.3 Å². The molecular weight excluding hydrogens is 424 g/mol. The van der Waals surface area contributed by atoms with Crippen LogP contribution in [0.2, 0.25) is 0 Å². The quantitative estimate of drug-likeness (QED) is 0.346. The van der Waals surface area contributed by atoms with Crippen molar-refractivity contribution in [3.63, 3.8) is 0 Å². The number of hydrogen-bond donors (Lipinski definition) is 1. The molecule has 0 bridgehead atoms. The molecule has 3 aromatic carbocycles. The van der Waals surface area contributed by atoms with Gasteiger partial charge in [-0.25, -0.2) is 0 Å². The number of anilines is 1. The van der Waals surface area contributed by atoms with E-state index in [4.69, 9.17) is 4.74 Å². The number of ketones is 1. The maximum atomic E-state index is 12.4. The van der Waals surface area contributed by atoms with Gasteiger partial charge in [-0.1, -0.05) is 66.7 Å². The first-order valence-corrected chi connectivity index (χ1v) is 11.2. The third-order valence-corrected chi connectivity index (χ3v) is 5.38. The smallest absolute Gasteiger partial charge is 0.262 e. The zero-order valence-electron chi connectivity index (χ0n) is 18.8. The van der Waals surface area contributed by atoms with Crippen molar-refractivity contribution in [3.05, 3.63) is 115 Å². The minimum atomic E-state index is -0.247. The van der Waals surface area contributed by atoms with Crippen LogP contribution in [0.5, 0.6) is 5.75 Å². The van der Waals surface area contributed by atoms with Crippen molar-refractivity contribution in [1.82, 2.24) is 4.98 Å². The van der Waals surface area contributed by atoms with Gasteiger partial charge in [-0.2, -0.15) is 0 Å². The van der Waals surface area contributed by atoms with E-state index in [0.29, 0.717) is 30.7 Å². The molecule has 1 aromatic heterocycles. The number of hydrogen-bond acceptors (Lipinski definition) is 4. The molecule has 0 fully saturated rings. The van der Waals surface area contributed by atoms with E-state index < -0.39 is 0 Å². The molecule has 1 heterocycles. The summed E-state index contributed by atoms with van der Waals surface area (Å²) in [5, 5.41) is 2.84. The van der Waals surface area contributed by atoms with E-state index in [1.807, 2.05) is 78.9 Å². The van der Waals surface area contributed by atoms with Crippen molar-refractivity contribution >= 4 is 17.4 Å². The highest BCUT2D eigenvalue weighted by atomic mass is 16.5. The molecule has 0 spiro atoms. The number of nitrogens with one attached hydrogen (secondary N) is 1. The van der Waals surface area contributed by atoms with Gasteiger partial charge in [0, 0.05) is 36.5 Å². The molecule has 1 amide bonds. The molecule has 1 N–H and O–H groups in total. The maximum absolute atomic E-state index is 12.4. The number of ether oxygens (including phenoxy) is 1. The summed E-state index contributed by atoms with van der Waals surface area (Å²) in [5.74, 6) is 0.582. The fourth-order valence-electron chi connectivity index (χ4n) is 3.64. The number of aromatic nitrogens is 1. The van der Waals surface area contributed by atoms with E-state index in [1.165, 1.54) is 0 Å². The van der Waals surface area contributed by atoms with Crippen molar-refractivity contribution < 1.29 is 14.3 Å². The Balaban J connectivity index is 1.26. The molecule has 0 saturated carbocycles. The number of nitrogens with zero attached hydrogens (tertiary/aromatic N) is 1. The summed E-state index contributed by atoms with van der Waals surface area (Å²) >= 11 is 0. The molecule has 34 heavy (non-hydrogen) atoms. The van der Waals surface area contributed by atoms with Gasteiger partial charge in [-0.15, -0.1) is 0 Å². The first kappa shape index (κ1) is 22.9. The maximum Gasteiger partial charge on any atom is 0.262 e. The van der Waals surface area contributed by atoms with Crippen molar-refractivity contribution in [2.75, 3.05) is 11.9 Å². The average Bonchev–Trinajstić information content (AvgIpc) is 2.89. The van der Waals surface area contributed by atoms with Gasteiger partial charge in [-0.05, 0) is 47.4 Å². The van der Waals surface area contributed by atoms with E-state index in [1.54, 1.807) is 24.5 Å². The number of carbonyl (C=O) groups is 2. The summed E-state index contributed by atoms with van der Waals surface area (Å²) in [4.78, 5) is 28.8. The fourth-order valence-corrected chi connectivity index (χ4v) is 3.64. The van der Waals surface area contributed by atoms with Gasteiger partial charge in [0.05, 0.1) is 0 Å². The Morgan fingerprint density at radius 2 is 1.56 bits per heavy atom. The summed E-state index contributed by atoms with van der Waals surface area (Å²) < 4.78 is 5.80. The van der Waals surface area contributed by atoms with Crippen LogP contribution < -0.4 is 10.1 Å². The minimum absolute atomic E-state index is 0.0988. The second-order valence-electron chi connectivity index (χ2n) is 7.97. The Morgan fingerprint density at radius 1 is 0.794 bits per heavy atom. The minimum Gasteiger partial charge on any atom is -0.483 e. The Bertz CT molecular complexity index is 1220. The van der Waals surface area contributed by atoms with Crippen molar-refractivity contribution in [2.45, 2.75) is 19.3 Å². The van der Waals surface area contributed by atoms with Crippen LogP contribution in [0.3, 0.4) is 0 Å². The lowest BCUT2D eigenvalue weighted by Gasteiger charge is -2.12. The molecule has 4 aromatic rings. The van der Waals surface area contributed by atoms with E-state index in [9.17, 15) is 9.59 Å². The first-order valence-electron chi connectivity index (χ1n) is 11.2. The molecule has 0 radical (unpaired) electrons. The van der Waals surface area contributed by atoms with Crippen LogP contribution in [-0.2, 0) is 22.4 Å². The molecule has 0 aliphatic carbocycles. The highest BCUT2D eigenvalue weighted by Crippen LogP contribution is 2.29. The van der Waals surface area contributed by atoms with Gasteiger partial charge in [-0.3, -0.25) is 14.6 Å². The third-order valence-electron chi connectivity index (χ3n) is 5.38. The van der Waals surface area contributed by atoms with Crippen molar-refractivity contribution in [3.8, 4) is 16.9 Å². The molecule has 0 aliphatic rings. The van der Waals surface area contributed by atoms with Crippen LogP contribution in [0.25, 0.3) is 11.1 Å². The molecule has 0 atom stereocenters. The van der Waals surface area contributed by atoms with Crippen LogP contribution in [0.4, 0.5) is 5.69 Å². The number of aryl methyl sites for hydroxylation is 1. The summed E-state index contributed by atoms with van der Waals surface area (Å²) in [6, 6.07) is 28.8. The van der Waals surface area contributed by atoms with Crippen LogP contribution in [-0.4, -0.2) is 23.3 Å². The van der Waals surface area contributed by atoms with Crippen molar-refractivity contribution in [2.24, 2.45) is 0 Å². The predicted octanol–water partition coefficient (Wildman–Crippen LogP) is 5.51. The topological polar surface area (TPSA) is 68.3 Å². The summed E-state index contributed by atoms with van der Waals surface area (Å²) in [6.45, 7) is -0.0988. The lowest BCUT2D eigenvalue weighted by molar-refractivity contribution is -0.119. The average molecular weight is 451 g/mol. The van der Waals surface area contributed by atoms with Gasteiger partial charge in [0.1, 0.15) is 11.5 Å².